The Morgan fingerprint density at radius 1 is 0.568 bits per heavy atom. The summed E-state index contributed by atoms with van der Waals surface area (Å²) in [6, 6.07) is 9.43. The molecule has 0 unspecified atom stereocenters. The number of aryl methyl sites for hydroxylation is 4. The van der Waals surface area contributed by atoms with Gasteiger partial charge in [-0.1, -0.05) is 90.2 Å². The zero-order valence-corrected chi connectivity index (χ0v) is 25.8. The molecular weight excluding hydrogens is 509 g/mol. The van der Waals surface area contributed by atoms with Crippen molar-refractivity contribution < 1.29 is 0 Å². The monoisotopic (exact) mass is 552 g/mol. The van der Waals surface area contributed by atoms with Crippen LogP contribution in [0.3, 0.4) is 0 Å². The fourth-order valence-corrected chi connectivity index (χ4v) is 8.03. The summed E-state index contributed by atoms with van der Waals surface area (Å²) in [5, 5.41) is 0. The highest BCUT2D eigenvalue weighted by molar-refractivity contribution is 7.16. The maximum Gasteiger partial charge on any atom is 0.114 e. The van der Waals surface area contributed by atoms with E-state index in [4.69, 9.17) is 8.75 Å². The third kappa shape index (κ3) is 7.52. The van der Waals surface area contributed by atoms with E-state index in [0.717, 1.165) is 11.0 Å². The van der Waals surface area contributed by atoms with Crippen molar-refractivity contribution in [2.24, 2.45) is 0 Å². The minimum absolute atomic E-state index is 1.07. The first-order chi connectivity index (χ1) is 18.1. The summed E-state index contributed by atoms with van der Waals surface area (Å²) in [6.07, 6.45) is 18.6. The molecule has 0 amide bonds. The van der Waals surface area contributed by atoms with Gasteiger partial charge in [0, 0.05) is 30.6 Å². The van der Waals surface area contributed by atoms with Crippen LogP contribution in [0.2, 0.25) is 0 Å². The summed E-state index contributed by atoms with van der Waals surface area (Å²) >= 11 is 5.19. The average molecular weight is 553 g/mol. The molecule has 1 aromatic carbocycles. The second-order valence-corrected chi connectivity index (χ2v) is 13.6. The molecule has 5 heteroatoms. The van der Waals surface area contributed by atoms with Gasteiger partial charge in [0.1, 0.15) is 11.0 Å². The van der Waals surface area contributed by atoms with Crippen LogP contribution in [-0.4, -0.2) is 8.75 Å². The van der Waals surface area contributed by atoms with Gasteiger partial charge in [0.25, 0.3) is 0 Å². The summed E-state index contributed by atoms with van der Waals surface area (Å²) in [7, 11) is 0. The van der Waals surface area contributed by atoms with E-state index in [2.05, 4.69) is 52.0 Å². The Balaban J connectivity index is 1.46. The molecule has 4 aromatic rings. The number of nitrogens with zero attached hydrogens (tertiary/aromatic N) is 2. The third-order valence-corrected chi connectivity index (χ3v) is 10.4. The van der Waals surface area contributed by atoms with Gasteiger partial charge in [-0.3, -0.25) is 0 Å². The first kappa shape index (κ1) is 28.4. The number of rotatable bonds is 16. The second kappa shape index (κ2) is 14.6. The number of aromatic nitrogens is 2. The van der Waals surface area contributed by atoms with Crippen molar-refractivity contribution in [1.29, 1.82) is 0 Å². The smallest absolute Gasteiger partial charge is 0.114 e. The van der Waals surface area contributed by atoms with Crippen LogP contribution in [0.4, 0.5) is 0 Å². The van der Waals surface area contributed by atoms with Crippen LogP contribution < -0.4 is 0 Å². The molecule has 0 atom stereocenters. The summed E-state index contributed by atoms with van der Waals surface area (Å²) in [4.78, 5) is 5.59. The van der Waals surface area contributed by atoms with Gasteiger partial charge in [-0.2, -0.15) is 8.75 Å². The molecule has 200 valence electrons. The summed E-state index contributed by atoms with van der Waals surface area (Å²) in [5.41, 5.74) is 7.66. The van der Waals surface area contributed by atoms with Gasteiger partial charge >= 0.3 is 0 Å². The van der Waals surface area contributed by atoms with Crippen LogP contribution in [0.1, 0.15) is 112 Å². The maximum absolute atomic E-state index is 4.78. The van der Waals surface area contributed by atoms with Crippen molar-refractivity contribution in [2.75, 3.05) is 0 Å². The van der Waals surface area contributed by atoms with Gasteiger partial charge in [0.2, 0.25) is 0 Å². The Bertz CT molecular complexity index is 1150. The Hall–Kier alpha value is -1.56. The molecule has 3 heterocycles. The van der Waals surface area contributed by atoms with E-state index >= 15 is 0 Å². The molecule has 0 fully saturated rings. The van der Waals surface area contributed by atoms with Gasteiger partial charge in [0.05, 0.1) is 11.7 Å². The van der Waals surface area contributed by atoms with Crippen molar-refractivity contribution in [3.63, 3.8) is 0 Å². The van der Waals surface area contributed by atoms with Crippen molar-refractivity contribution in [3.05, 3.63) is 45.1 Å². The topological polar surface area (TPSA) is 25.8 Å². The average Bonchev–Trinajstić information content (AvgIpc) is 3.62. The number of benzene rings is 1. The molecule has 0 N–H and O–H groups in total. The molecule has 0 aliphatic heterocycles. The van der Waals surface area contributed by atoms with E-state index in [1.165, 1.54) is 143 Å². The fourth-order valence-electron chi connectivity index (χ4n) is 5.26. The first-order valence-electron chi connectivity index (χ1n) is 14.6. The first-order valence-corrected chi connectivity index (χ1v) is 16.9. The molecule has 0 saturated carbocycles. The molecule has 0 bridgehead atoms. The SMILES string of the molecule is CCCCCCCCc1cc(-c2ccc(-c3cc(CCCCCCCC)c(C)s3)c3nsnc23)sc1C. The van der Waals surface area contributed by atoms with E-state index in [1.807, 2.05) is 22.7 Å². The van der Waals surface area contributed by atoms with Gasteiger partial charge in [-0.25, -0.2) is 0 Å². The molecule has 0 saturated heterocycles. The summed E-state index contributed by atoms with van der Waals surface area (Å²) in [5.74, 6) is 0. The Kier molecular flexibility index (Phi) is 11.2. The van der Waals surface area contributed by atoms with Crippen LogP contribution in [0, 0.1) is 13.8 Å². The van der Waals surface area contributed by atoms with Gasteiger partial charge in [0.15, 0.2) is 0 Å². The van der Waals surface area contributed by atoms with Gasteiger partial charge in [-0.15, -0.1) is 22.7 Å². The van der Waals surface area contributed by atoms with Crippen LogP contribution in [-0.2, 0) is 12.8 Å². The van der Waals surface area contributed by atoms with Crippen molar-refractivity contribution in [3.8, 4) is 20.9 Å². The van der Waals surface area contributed by atoms with Crippen molar-refractivity contribution in [1.82, 2.24) is 8.75 Å². The number of hydrogen-bond donors (Lipinski definition) is 0. The number of thiophene rings is 2. The minimum Gasteiger partial charge on any atom is -0.172 e. The van der Waals surface area contributed by atoms with E-state index in [9.17, 15) is 0 Å². The minimum atomic E-state index is 1.07. The molecule has 0 aliphatic rings. The highest BCUT2D eigenvalue weighted by atomic mass is 32.1. The molecule has 0 aliphatic carbocycles. The van der Waals surface area contributed by atoms with E-state index in [0.29, 0.717) is 0 Å². The van der Waals surface area contributed by atoms with E-state index in [-0.39, 0.29) is 0 Å². The molecule has 0 spiro atoms. The molecule has 4 rings (SSSR count). The standard InChI is InChI=1S/C32H44N2S3/c1-5-7-9-11-13-15-17-25-21-29(35-23(25)3)27-19-20-28(32-31(27)33-37-34-32)30-22-26(24(4)36-30)18-16-14-12-10-8-6-2/h19-22H,5-18H2,1-4H3. The normalized spacial score (nSPS) is 11.7. The summed E-state index contributed by atoms with van der Waals surface area (Å²) in [6.45, 7) is 9.14. The Morgan fingerprint density at radius 2 is 0.973 bits per heavy atom. The molecule has 2 nitrogen and oxygen atoms in total. The highest BCUT2D eigenvalue weighted by Gasteiger charge is 2.18. The second-order valence-electron chi connectivity index (χ2n) is 10.5. The van der Waals surface area contributed by atoms with Crippen molar-refractivity contribution >= 4 is 45.4 Å². The predicted molar refractivity (Wildman–Crippen MR) is 168 cm³/mol. The zero-order valence-electron chi connectivity index (χ0n) is 23.3. The van der Waals surface area contributed by atoms with Crippen molar-refractivity contribution in [2.45, 2.75) is 118 Å². The number of unbranched alkanes of at least 4 members (excludes halogenated alkanes) is 10. The third-order valence-electron chi connectivity index (χ3n) is 7.59. The predicted octanol–water partition coefficient (Wildman–Crippen LogP) is 11.6. The molecule has 37 heavy (non-hydrogen) atoms. The van der Waals surface area contributed by atoms with Crippen LogP contribution in [0.5, 0.6) is 0 Å². The summed E-state index contributed by atoms with van der Waals surface area (Å²) < 4.78 is 9.56. The fraction of sp³-hybridized carbons (Fsp3) is 0.562. The van der Waals surface area contributed by atoms with Gasteiger partial charge in [-0.05, 0) is 62.8 Å². The van der Waals surface area contributed by atoms with Crippen LogP contribution in [0.15, 0.2) is 24.3 Å². The molecular formula is C32H44N2S3. The quantitative estimate of drug-likeness (QED) is 0.129. The van der Waals surface area contributed by atoms with E-state index in [1.54, 1.807) is 0 Å². The van der Waals surface area contributed by atoms with E-state index < -0.39 is 0 Å². The maximum atomic E-state index is 4.78. The largest absolute Gasteiger partial charge is 0.172 e. The Morgan fingerprint density at radius 3 is 1.41 bits per heavy atom. The van der Waals surface area contributed by atoms with Gasteiger partial charge < -0.3 is 0 Å². The van der Waals surface area contributed by atoms with Crippen LogP contribution >= 0.6 is 34.4 Å². The molecule has 3 aromatic heterocycles. The lowest BCUT2D eigenvalue weighted by Gasteiger charge is -2.04. The Labute approximate surface area is 236 Å². The molecule has 0 radical (unpaired) electrons. The zero-order chi connectivity index (χ0) is 26.0. The lowest BCUT2D eigenvalue weighted by molar-refractivity contribution is 0.607. The van der Waals surface area contributed by atoms with Crippen LogP contribution in [0.25, 0.3) is 31.9 Å². The highest BCUT2D eigenvalue weighted by Crippen LogP contribution is 2.41. The number of fused-ring (bicyclic) bond motifs is 1. The lowest BCUT2D eigenvalue weighted by Crippen LogP contribution is -1.86. The lowest BCUT2D eigenvalue weighted by atomic mass is 10.0. The number of hydrogen-bond acceptors (Lipinski definition) is 5.